The van der Waals surface area contributed by atoms with Crippen LogP contribution in [-0.4, -0.2) is 48.3 Å². The molecule has 3 aliphatic rings. The zero-order valence-electron chi connectivity index (χ0n) is 14.5. The van der Waals surface area contributed by atoms with Gasteiger partial charge in [-0.25, -0.2) is 0 Å². The van der Waals surface area contributed by atoms with Crippen LogP contribution < -0.4 is 5.32 Å². The standard InChI is InChI=1S/C18H34N2O/c1-16(2,21-4)11-12-20-14-17(3,15-7-8-15)19-13-18(20)9-5-6-10-18/h15,19H,5-14H2,1-4H3. The van der Waals surface area contributed by atoms with Crippen LogP contribution in [0.25, 0.3) is 0 Å². The SMILES string of the molecule is COC(C)(C)CCN1CC(C)(C2CC2)NCC12CCCC2. The van der Waals surface area contributed by atoms with Crippen molar-refractivity contribution in [1.82, 2.24) is 10.2 Å². The van der Waals surface area contributed by atoms with Crippen LogP contribution in [0.5, 0.6) is 0 Å². The molecule has 21 heavy (non-hydrogen) atoms. The second kappa shape index (κ2) is 5.50. The van der Waals surface area contributed by atoms with Gasteiger partial charge in [-0.15, -0.1) is 0 Å². The van der Waals surface area contributed by atoms with Gasteiger partial charge in [0.15, 0.2) is 0 Å². The quantitative estimate of drug-likeness (QED) is 0.843. The molecular weight excluding hydrogens is 260 g/mol. The molecular formula is C18H34N2O. The maximum absolute atomic E-state index is 5.65. The molecule has 3 nitrogen and oxygen atoms in total. The van der Waals surface area contributed by atoms with Gasteiger partial charge in [0, 0.05) is 37.8 Å². The Bertz CT molecular complexity index is 371. The summed E-state index contributed by atoms with van der Waals surface area (Å²) in [5.41, 5.74) is 0.796. The van der Waals surface area contributed by atoms with Crippen LogP contribution in [0, 0.1) is 5.92 Å². The largest absolute Gasteiger partial charge is 0.379 e. The number of nitrogens with zero attached hydrogens (tertiary/aromatic N) is 1. The minimum absolute atomic E-state index is 0.000647. The number of rotatable bonds is 5. The average Bonchev–Trinajstić information content (AvgIpc) is 3.22. The van der Waals surface area contributed by atoms with E-state index >= 15 is 0 Å². The molecule has 0 amide bonds. The Labute approximate surface area is 130 Å². The van der Waals surface area contributed by atoms with E-state index in [2.05, 4.69) is 31.0 Å². The van der Waals surface area contributed by atoms with E-state index in [1.165, 1.54) is 58.2 Å². The molecule has 0 aromatic rings. The first-order valence-corrected chi connectivity index (χ1v) is 8.94. The molecule has 0 bridgehead atoms. The summed E-state index contributed by atoms with van der Waals surface area (Å²) in [4.78, 5) is 2.84. The summed E-state index contributed by atoms with van der Waals surface area (Å²) in [7, 11) is 1.84. The molecule has 1 unspecified atom stereocenters. The van der Waals surface area contributed by atoms with Crippen molar-refractivity contribution in [3.05, 3.63) is 0 Å². The van der Waals surface area contributed by atoms with Gasteiger partial charge in [-0.2, -0.15) is 0 Å². The molecule has 3 fully saturated rings. The molecule has 122 valence electrons. The van der Waals surface area contributed by atoms with E-state index in [-0.39, 0.29) is 5.60 Å². The lowest BCUT2D eigenvalue weighted by molar-refractivity contribution is -0.0313. The summed E-state index contributed by atoms with van der Waals surface area (Å²) in [5, 5.41) is 3.96. The zero-order chi connectivity index (χ0) is 15.1. The first kappa shape index (κ1) is 15.8. The van der Waals surface area contributed by atoms with Crippen LogP contribution in [0.4, 0.5) is 0 Å². The summed E-state index contributed by atoms with van der Waals surface area (Å²) in [5.74, 6) is 0.911. The zero-order valence-corrected chi connectivity index (χ0v) is 14.5. The maximum Gasteiger partial charge on any atom is 0.0634 e. The van der Waals surface area contributed by atoms with E-state index in [0.717, 1.165) is 12.3 Å². The Hall–Kier alpha value is -0.120. The van der Waals surface area contributed by atoms with E-state index in [4.69, 9.17) is 4.74 Å². The van der Waals surface area contributed by atoms with Crippen molar-refractivity contribution in [1.29, 1.82) is 0 Å². The van der Waals surface area contributed by atoms with Crippen LogP contribution in [-0.2, 0) is 4.74 Å². The maximum atomic E-state index is 5.65. The molecule has 3 heteroatoms. The Morgan fingerprint density at radius 1 is 1.24 bits per heavy atom. The van der Waals surface area contributed by atoms with E-state index in [1.54, 1.807) is 0 Å². The van der Waals surface area contributed by atoms with Crippen LogP contribution in [0.15, 0.2) is 0 Å². The normalized spacial score (nSPS) is 33.7. The highest BCUT2D eigenvalue weighted by atomic mass is 16.5. The highest BCUT2D eigenvalue weighted by Crippen LogP contribution is 2.46. The lowest BCUT2D eigenvalue weighted by Crippen LogP contribution is -2.69. The number of hydrogen-bond donors (Lipinski definition) is 1. The molecule has 0 aromatic carbocycles. The van der Waals surface area contributed by atoms with Crippen LogP contribution >= 0.6 is 0 Å². The summed E-state index contributed by atoms with van der Waals surface area (Å²) in [6.07, 6.45) is 9.56. The second-order valence-electron chi connectivity index (χ2n) is 8.61. The third kappa shape index (κ3) is 3.16. The Morgan fingerprint density at radius 3 is 2.48 bits per heavy atom. The predicted octanol–water partition coefficient (Wildman–Crippen LogP) is 3.19. The van der Waals surface area contributed by atoms with Crippen molar-refractivity contribution < 1.29 is 4.74 Å². The van der Waals surface area contributed by atoms with Crippen molar-refractivity contribution in [3.8, 4) is 0 Å². The molecule has 1 N–H and O–H groups in total. The predicted molar refractivity (Wildman–Crippen MR) is 87.6 cm³/mol. The fraction of sp³-hybridized carbons (Fsp3) is 1.00. The molecule has 1 saturated heterocycles. The van der Waals surface area contributed by atoms with E-state index in [9.17, 15) is 0 Å². The molecule has 2 aliphatic carbocycles. The monoisotopic (exact) mass is 294 g/mol. The smallest absolute Gasteiger partial charge is 0.0634 e. The molecule has 1 aliphatic heterocycles. The average molecular weight is 294 g/mol. The molecule has 2 saturated carbocycles. The highest BCUT2D eigenvalue weighted by molar-refractivity contribution is 5.10. The highest BCUT2D eigenvalue weighted by Gasteiger charge is 2.51. The summed E-state index contributed by atoms with van der Waals surface area (Å²) >= 11 is 0. The summed E-state index contributed by atoms with van der Waals surface area (Å²) < 4.78 is 5.65. The lowest BCUT2D eigenvalue weighted by atomic mass is 9.83. The lowest BCUT2D eigenvalue weighted by Gasteiger charge is -2.53. The van der Waals surface area contributed by atoms with Gasteiger partial charge < -0.3 is 10.1 Å². The number of nitrogens with one attached hydrogen (secondary N) is 1. The van der Waals surface area contributed by atoms with Crippen LogP contribution in [0.3, 0.4) is 0 Å². The minimum atomic E-state index is 0.000647. The number of ether oxygens (including phenoxy) is 1. The van der Waals surface area contributed by atoms with Gasteiger partial charge in [-0.3, -0.25) is 4.90 Å². The first-order chi connectivity index (χ1) is 9.89. The van der Waals surface area contributed by atoms with Crippen molar-refractivity contribution >= 4 is 0 Å². The summed E-state index contributed by atoms with van der Waals surface area (Å²) in [6.45, 7) is 10.5. The van der Waals surface area contributed by atoms with Gasteiger partial charge in [0.2, 0.25) is 0 Å². The van der Waals surface area contributed by atoms with Gasteiger partial charge in [0.05, 0.1) is 5.60 Å². The third-order valence-electron chi connectivity index (χ3n) is 6.56. The van der Waals surface area contributed by atoms with Gasteiger partial charge in [0.1, 0.15) is 0 Å². The van der Waals surface area contributed by atoms with Crippen molar-refractivity contribution in [2.75, 3.05) is 26.7 Å². The fourth-order valence-electron chi connectivity index (χ4n) is 4.44. The number of hydrogen-bond acceptors (Lipinski definition) is 3. The van der Waals surface area contributed by atoms with Gasteiger partial charge >= 0.3 is 0 Å². The van der Waals surface area contributed by atoms with E-state index in [1.807, 2.05) is 7.11 Å². The molecule has 1 heterocycles. The topological polar surface area (TPSA) is 24.5 Å². The van der Waals surface area contributed by atoms with Gasteiger partial charge in [0.25, 0.3) is 0 Å². The van der Waals surface area contributed by atoms with Gasteiger partial charge in [-0.1, -0.05) is 12.8 Å². The van der Waals surface area contributed by atoms with Crippen molar-refractivity contribution in [2.45, 2.75) is 82.4 Å². The number of methoxy groups -OCH3 is 1. The molecule has 0 aromatic heterocycles. The Balaban J connectivity index is 1.70. The van der Waals surface area contributed by atoms with E-state index in [0.29, 0.717) is 11.1 Å². The molecule has 1 atom stereocenters. The fourth-order valence-corrected chi connectivity index (χ4v) is 4.44. The third-order valence-corrected chi connectivity index (χ3v) is 6.56. The van der Waals surface area contributed by atoms with Crippen molar-refractivity contribution in [3.63, 3.8) is 0 Å². The number of piperazine rings is 1. The molecule has 3 rings (SSSR count). The second-order valence-corrected chi connectivity index (χ2v) is 8.61. The molecule has 1 spiro atoms. The Kier molecular flexibility index (Phi) is 4.13. The van der Waals surface area contributed by atoms with Crippen molar-refractivity contribution in [2.24, 2.45) is 5.92 Å². The molecule has 0 radical (unpaired) electrons. The summed E-state index contributed by atoms with van der Waals surface area (Å²) in [6, 6.07) is 0. The minimum Gasteiger partial charge on any atom is -0.379 e. The van der Waals surface area contributed by atoms with Crippen LogP contribution in [0.1, 0.15) is 65.7 Å². The van der Waals surface area contributed by atoms with Crippen LogP contribution in [0.2, 0.25) is 0 Å². The van der Waals surface area contributed by atoms with E-state index < -0.39 is 0 Å². The van der Waals surface area contributed by atoms with Gasteiger partial charge in [-0.05, 0) is 58.8 Å². The Morgan fingerprint density at radius 2 is 1.90 bits per heavy atom. The first-order valence-electron chi connectivity index (χ1n) is 8.94.